The van der Waals surface area contributed by atoms with E-state index in [-0.39, 0.29) is 17.0 Å². The number of nitrogens with zero attached hydrogens (tertiary/aromatic N) is 2. The van der Waals surface area contributed by atoms with Crippen molar-refractivity contribution in [2.45, 2.75) is 46.1 Å². The fourth-order valence-electron chi connectivity index (χ4n) is 2.20. The number of rotatable bonds is 3. The van der Waals surface area contributed by atoms with Gasteiger partial charge >= 0.3 is 0 Å². The average Bonchev–Trinajstić information content (AvgIpc) is 2.68. The molecule has 0 fully saturated rings. The first-order valence-corrected chi connectivity index (χ1v) is 6.54. The Kier molecular flexibility index (Phi) is 3.20. The van der Waals surface area contributed by atoms with Crippen molar-refractivity contribution in [2.75, 3.05) is 0 Å². The van der Waals surface area contributed by atoms with Gasteiger partial charge in [-0.05, 0) is 27.2 Å². The van der Waals surface area contributed by atoms with Crippen molar-refractivity contribution in [3.63, 3.8) is 0 Å². The highest BCUT2D eigenvalue weighted by Crippen LogP contribution is 2.38. The second-order valence-electron chi connectivity index (χ2n) is 5.86. The first kappa shape index (κ1) is 14.3. The Labute approximate surface area is 116 Å². The number of aryl methyl sites for hydroxylation is 1. The van der Waals surface area contributed by atoms with Gasteiger partial charge in [0.25, 0.3) is 5.43 Å². The number of hydrogen-bond acceptors (Lipinski definition) is 5. The third-order valence-corrected chi connectivity index (χ3v) is 3.19. The molecule has 20 heavy (non-hydrogen) atoms. The van der Waals surface area contributed by atoms with Crippen molar-refractivity contribution >= 4 is 0 Å². The minimum atomic E-state index is -0.912. The summed E-state index contributed by atoms with van der Waals surface area (Å²) in [5.74, 6) is -0.778. The van der Waals surface area contributed by atoms with Crippen LogP contribution in [0.3, 0.4) is 0 Å². The van der Waals surface area contributed by atoms with Crippen LogP contribution in [0, 0.1) is 0 Å². The van der Waals surface area contributed by atoms with E-state index in [9.17, 15) is 19.8 Å². The van der Waals surface area contributed by atoms with Gasteiger partial charge in [-0.1, -0.05) is 13.3 Å². The van der Waals surface area contributed by atoms with Gasteiger partial charge in [-0.3, -0.25) is 9.59 Å². The van der Waals surface area contributed by atoms with E-state index in [1.165, 1.54) is 4.68 Å². The average molecular weight is 278 g/mol. The maximum Gasteiger partial charge on any atom is 0.268 e. The van der Waals surface area contributed by atoms with Gasteiger partial charge in [0.05, 0.1) is 22.4 Å². The monoisotopic (exact) mass is 278 g/mol. The van der Waals surface area contributed by atoms with Crippen LogP contribution in [0.25, 0.3) is 11.1 Å². The fraction of sp³-hybridized carbons (Fsp3) is 0.500. The Hall–Kier alpha value is -2.11. The third-order valence-electron chi connectivity index (χ3n) is 3.19. The fourth-order valence-corrected chi connectivity index (χ4v) is 2.20. The molecule has 0 saturated heterocycles. The molecule has 6 heteroatoms. The highest BCUT2D eigenvalue weighted by Gasteiger charge is 2.32. The molecule has 0 aliphatic rings. The summed E-state index contributed by atoms with van der Waals surface area (Å²) < 4.78 is 1.41. The van der Waals surface area contributed by atoms with Gasteiger partial charge in [-0.2, -0.15) is 5.10 Å². The normalized spacial score (nSPS) is 12.2. The molecule has 0 radical (unpaired) electrons. The van der Waals surface area contributed by atoms with Crippen LogP contribution in [0.2, 0.25) is 0 Å². The molecule has 0 saturated carbocycles. The summed E-state index contributed by atoms with van der Waals surface area (Å²) in [6, 6.07) is 0. The van der Waals surface area contributed by atoms with Crippen LogP contribution < -0.4 is 10.9 Å². The van der Waals surface area contributed by atoms with Crippen molar-refractivity contribution in [1.29, 1.82) is 0 Å². The molecular formula is C14H18N2O4. The highest BCUT2D eigenvalue weighted by atomic mass is 16.3. The minimum Gasteiger partial charge on any atom is -0.503 e. The zero-order valence-corrected chi connectivity index (χ0v) is 12.0. The van der Waals surface area contributed by atoms with Gasteiger partial charge in [0, 0.05) is 0 Å². The molecule has 0 aliphatic heterocycles. The Morgan fingerprint density at radius 3 is 2.15 bits per heavy atom. The highest BCUT2D eigenvalue weighted by molar-refractivity contribution is 5.79. The standard InChI is InChI=1S/C14H18N2O4/c1-5-6-7-8(9-10(17)12(19)11(9)18)13(20)16(15-7)14(2,3)4/h17,20H,5-6H2,1-4H3. The maximum absolute atomic E-state index is 11.6. The molecule has 0 bridgehead atoms. The molecule has 2 aromatic rings. The van der Waals surface area contributed by atoms with Gasteiger partial charge in [0.2, 0.25) is 11.3 Å². The predicted octanol–water partition coefficient (Wildman–Crippen LogP) is 1.26. The SMILES string of the molecule is CCCc1nn(C(C)(C)C)c(O)c1-c1c(O)c(=O)c1=O. The molecule has 0 spiro atoms. The lowest BCUT2D eigenvalue weighted by Crippen LogP contribution is -2.32. The largest absolute Gasteiger partial charge is 0.503 e. The molecule has 2 rings (SSSR count). The summed E-state index contributed by atoms with van der Waals surface area (Å²) in [6.45, 7) is 7.53. The Morgan fingerprint density at radius 2 is 1.70 bits per heavy atom. The van der Waals surface area contributed by atoms with E-state index in [0.29, 0.717) is 12.1 Å². The van der Waals surface area contributed by atoms with E-state index < -0.39 is 22.1 Å². The van der Waals surface area contributed by atoms with Crippen molar-refractivity contribution in [1.82, 2.24) is 9.78 Å². The second kappa shape index (κ2) is 4.47. The molecule has 1 heterocycles. The van der Waals surface area contributed by atoms with Crippen LogP contribution in [0.15, 0.2) is 9.59 Å². The number of aromatic nitrogens is 2. The van der Waals surface area contributed by atoms with Crippen LogP contribution in [0.5, 0.6) is 11.6 Å². The van der Waals surface area contributed by atoms with Crippen LogP contribution in [0.4, 0.5) is 0 Å². The smallest absolute Gasteiger partial charge is 0.268 e. The molecule has 1 aromatic heterocycles. The number of aromatic hydroxyl groups is 2. The lowest BCUT2D eigenvalue weighted by molar-refractivity contribution is 0.294. The third kappa shape index (κ3) is 1.92. The van der Waals surface area contributed by atoms with E-state index in [1.807, 2.05) is 27.7 Å². The van der Waals surface area contributed by atoms with E-state index in [2.05, 4.69) is 5.10 Å². The Balaban J connectivity index is 2.73. The van der Waals surface area contributed by atoms with Crippen LogP contribution in [-0.4, -0.2) is 20.0 Å². The number of hydrogen-bond donors (Lipinski definition) is 2. The lowest BCUT2D eigenvalue weighted by Gasteiger charge is -2.20. The van der Waals surface area contributed by atoms with E-state index in [0.717, 1.165) is 6.42 Å². The summed E-state index contributed by atoms with van der Waals surface area (Å²) in [7, 11) is 0. The van der Waals surface area contributed by atoms with Crippen LogP contribution in [0.1, 0.15) is 39.8 Å². The van der Waals surface area contributed by atoms with Crippen molar-refractivity contribution < 1.29 is 10.2 Å². The maximum atomic E-state index is 11.6. The topological polar surface area (TPSA) is 92.4 Å². The molecule has 0 unspecified atom stereocenters. The summed E-state index contributed by atoms with van der Waals surface area (Å²) in [4.78, 5) is 22.8. The van der Waals surface area contributed by atoms with Crippen molar-refractivity contribution in [2.24, 2.45) is 0 Å². The molecular weight excluding hydrogens is 260 g/mol. The Bertz CT molecular complexity index is 728. The molecule has 0 aliphatic carbocycles. The van der Waals surface area contributed by atoms with Crippen LogP contribution >= 0.6 is 0 Å². The van der Waals surface area contributed by atoms with Crippen molar-refractivity contribution in [3.05, 3.63) is 26.1 Å². The first-order valence-electron chi connectivity index (χ1n) is 6.54. The molecule has 1 aromatic carbocycles. The van der Waals surface area contributed by atoms with Gasteiger partial charge in [0.1, 0.15) is 0 Å². The van der Waals surface area contributed by atoms with Crippen molar-refractivity contribution in [3.8, 4) is 22.8 Å². The van der Waals surface area contributed by atoms with E-state index in [4.69, 9.17) is 0 Å². The Morgan fingerprint density at radius 1 is 1.10 bits per heavy atom. The summed E-state index contributed by atoms with van der Waals surface area (Å²) in [5.41, 5.74) is -1.58. The summed E-state index contributed by atoms with van der Waals surface area (Å²) in [6.07, 6.45) is 1.31. The molecule has 6 nitrogen and oxygen atoms in total. The van der Waals surface area contributed by atoms with Gasteiger partial charge < -0.3 is 10.2 Å². The second-order valence-corrected chi connectivity index (χ2v) is 5.86. The molecule has 0 amide bonds. The quantitative estimate of drug-likeness (QED) is 0.825. The first-order chi connectivity index (χ1) is 9.20. The zero-order valence-electron chi connectivity index (χ0n) is 12.0. The van der Waals surface area contributed by atoms with Crippen LogP contribution in [-0.2, 0) is 12.0 Å². The zero-order chi connectivity index (χ0) is 15.2. The summed E-state index contributed by atoms with van der Waals surface area (Å²) >= 11 is 0. The summed E-state index contributed by atoms with van der Waals surface area (Å²) in [5, 5.41) is 24.2. The van der Waals surface area contributed by atoms with Gasteiger partial charge in [-0.25, -0.2) is 4.68 Å². The molecule has 0 atom stereocenters. The van der Waals surface area contributed by atoms with Gasteiger partial charge in [0.15, 0.2) is 5.75 Å². The van der Waals surface area contributed by atoms with E-state index >= 15 is 0 Å². The molecule has 108 valence electrons. The molecule has 2 N–H and O–H groups in total. The predicted molar refractivity (Wildman–Crippen MR) is 74.9 cm³/mol. The van der Waals surface area contributed by atoms with E-state index in [1.54, 1.807) is 0 Å². The minimum absolute atomic E-state index is 0.119. The van der Waals surface area contributed by atoms with Gasteiger partial charge in [-0.15, -0.1) is 0 Å². The lowest BCUT2D eigenvalue weighted by atomic mass is 9.98.